The van der Waals surface area contributed by atoms with Crippen molar-refractivity contribution in [2.75, 3.05) is 33.9 Å². The number of rotatable bonds is 7. The molecule has 3 atom stereocenters. The first kappa shape index (κ1) is 42.7. The normalized spacial score (nSPS) is 18.1. The summed E-state index contributed by atoms with van der Waals surface area (Å²) in [5.41, 5.74) is 2.01. The summed E-state index contributed by atoms with van der Waals surface area (Å²) >= 11 is 0. The van der Waals surface area contributed by atoms with Gasteiger partial charge in [-0.1, -0.05) is 50.2 Å². The predicted octanol–water partition coefficient (Wildman–Crippen LogP) is 3.03. The molecule has 3 aromatic carbocycles. The molecular formula is C42H51N7O9. The van der Waals surface area contributed by atoms with Gasteiger partial charge < -0.3 is 45.5 Å². The van der Waals surface area contributed by atoms with E-state index >= 15 is 0 Å². The van der Waals surface area contributed by atoms with E-state index in [0.29, 0.717) is 47.8 Å². The van der Waals surface area contributed by atoms with Crippen LogP contribution in [-0.2, 0) is 27.5 Å². The zero-order valence-electron chi connectivity index (χ0n) is 33.3. The summed E-state index contributed by atoms with van der Waals surface area (Å²) in [6.07, 6.45) is 2.52. The Bertz CT molecular complexity index is 2070. The number of amides is 5. The second-order valence-corrected chi connectivity index (χ2v) is 14.2. The molecule has 1 aliphatic heterocycles. The Balaban J connectivity index is 1.43. The number of hydrogen-bond acceptors (Lipinski definition) is 10. The maximum Gasteiger partial charge on any atom is 0.257 e. The summed E-state index contributed by atoms with van der Waals surface area (Å²) < 4.78 is 19.0. The van der Waals surface area contributed by atoms with Gasteiger partial charge in [0.05, 0.1) is 57.3 Å². The molecule has 0 aliphatic carbocycles. The average molecular weight is 798 g/mol. The Morgan fingerprint density at radius 2 is 1.64 bits per heavy atom. The summed E-state index contributed by atoms with van der Waals surface area (Å²) in [7, 11) is 2.95. The van der Waals surface area contributed by atoms with Gasteiger partial charge in [-0.2, -0.15) is 5.10 Å². The minimum Gasteiger partial charge on any atom is -0.496 e. The second kappa shape index (κ2) is 20.1. The van der Waals surface area contributed by atoms with E-state index in [-0.39, 0.29) is 36.9 Å². The molecule has 2 heterocycles. The van der Waals surface area contributed by atoms with Crippen LogP contribution in [0.4, 0.5) is 0 Å². The summed E-state index contributed by atoms with van der Waals surface area (Å²) in [5.74, 6) is -1.98. The first-order valence-electron chi connectivity index (χ1n) is 19.1. The molecule has 1 aliphatic rings. The molecule has 0 saturated heterocycles. The molecule has 2 bridgehead atoms. The lowest BCUT2D eigenvalue weighted by Crippen LogP contribution is -2.59. The van der Waals surface area contributed by atoms with Crippen LogP contribution >= 0.6 is 0 Å². The number of ether oxygens (including phenoxy) is 3. The van der Waals surface area contributed by atoms with Crippen LogP contribution in [0.2, 0.25) is 0 Å². The lowest BCUT2D eigenvalue weighted by molar-refractivity contribution is -0.135. The van der Waals surface area contributed by atoms with Crippen LogP contribution in [0.3, 0.4) is 0 Å². The molecule has 308 valence electrons. The summed E-state index contributed by atoms with van der Waals surface area (Å²) in [6.45, 7) is 5.10. The zero-order valence-corrected chi connectivity index (χ0v) is 33.3. The molecule has 1 aromatic heterocycles. The first-order chi connectivity index (χ1) is 27.9. The fraction of sp³-hybridized carbons (Fsp3) is 0.381. The lowest BCUT2D eigenvalue weighted by atomic mass is 10.0. The Kier molecular flexibility index (Phi) is 14.8. The minimum atomic E-state index is -1.46. The quantitative estimate of drug-likeness (QED) is 0.185. The van der Waals surface area contributed by atoms with Crippen molar-refractivity contribution in [2.45, 2.75) is 64.9 Å². The molecule has 0 unspecified atom stereocenters. The monoisotopic (exact) mass is 797 g/mol. The van der Waals surface area contributed by atoms with Gasteiger partial charge in [-0.15, -0.1) is 0 Å². The van der Waals surface area contributed by atoms with E-state index < -0.39 is 54.3 Å². The third-order valence-corrected chi connectivity index (χ3v) is 9.55. The number of nitrogens with one attached hydrogen (secondary N) is 4. The predicted molar refractivity (Wildman–Crippen MR) is 214 cm³/mol. The van der Waals surface area contributed by atoms with Crippen molar-refractivity contribution >= 4 is 29.5 Å². The fourth-order valence-electron chi connectivity index (χ4n) is 6.38. The molecule has 0 radical (unpaired) electrons. The average Bonchev–Trinajstić information content (AvgIpc) is 3.68. The highest BCUT2D eigenvalue weighted by Gasteiger charge is 2.32. The number of methoxy groups -OCH3 is 2. The number of nitrogens with zero attached hydrogens (tertiary/aromatic N) is 3. The standard InChI is InChI=1S/C42H51N7O9/c1-26(2)37-40(53)44-22-31-32(56-4)14-11-15-33(31)58-35-20-29(16-17-34(35)57-5)39(52)43-18-9-10-19-48(25-36(51)46-38(27(3)50)41(54)47-37)42(55)30-21-45-49(24-30)23-28-12-7-6-8-13-28/h6-8,11-17,20-21,24,26-27,37-38,50H,9-10,18-19,22-23,25H2,1-5H3,(H,43,52)(H,44,53)(H,46,51)(H,47,54)/t27-,37-,38+/m1/s1. The van der Waals surface area contributed by atoms with Gasteiger partial charge >= 0.3 is 0 Å². The maximum absolute atomic E-state index is 13.9. The lowest BCUT2D eigenvalue weighted by Gasteiger charge is -2.28. The van der Waals surface area contributed by atoms with E-state index in [4.69, 9.17) is 14.2 Å². The van der Waals surface area contributed by atoms with Crippen LogP contribution in [-0.4, -0.2) is 101 Å². The van der Waals surface area contributed by atoms with E-state index in [1.807, 2.05) is 30.3 Å². The zero-order chi connectivity index (χ0) is 41.8. The van der Waals surface area contributed by atoms with Crippen molar-refractivity contribution in [3.8, 4) is 23.0 Å². The number of benzene rings is 3. The number of carbonyl (C=O) groups is 5. The van der Waals surface area contributed by atoms with Gasteiger partial charge in [-0.3, -0.25) is 28.7 Å². The van der Waals surface area contributed by atoms with E-state index in [0.717, 1.165) is 5.56 Å². The molecule has 5 rings (SSSR count). The van der Waals surface area contributed by atoms with Crippen LogP contribution in [0.1, 0.15) is 65.5 Å². The van der Waals surface area contributed by atoms with Crippen LogP contribution in [0.5, 0.6) is 23.0 Å². The van der Waals surface area contributed by atoms with Crippen LogP contribution in [0.15, 0.2) is 79.1 Å². The van der Waals surface area contributed by atoms with E-state index in [9.17, 15) is 29.1 Å². The number of aliphatic hydroxyl groups is 1. The second-order valence-electron chi connectivity index (χ2n) is 14.2. The Labute approximate surface area is 337 Å². The Hall–Kier alpha value is -6.42. The number of hydrogen-bond donors (Lipinski definition) is 5. The van der Waals surface area contributed by atoms with Crippen molar-refractivity contribution in [3.05, 3.63) is 101 Å². The molecule has 16 nitrogen and oxygen atoms in total. The SMILES string of the molecule is COc1ccc2cc1Oc1cccc(OC)c1CNC(=O)[C@@H](C(C)C)NC(=O)[C@H]([C@@H](C)O)NC(=O)CN(C(=O)c1cnn(Cc3ccccc3)c1)CCCCNC2=O. The smallest absolute Gasteiger partial charge is 0.257 e. The highest BCUT2D eigenvalue weighted by Crippen LogP contribution is 2.37. The van der Waals surface area contributed by atoms with Crippen LogP contribution in [0, 0.1) is 5.92 Å². The third-order valence-electron chi connectivity index (χ3n) is 9.55. The molecule has 4 aromatic rings. The summed E-state index contributed by atoms with van der Waals surface area (Å²) in [5, 5.41) is 26.0. The van der Waals surface area contributed by atoms with Crippen LogP contribution in [0.25, 0.3) is 0 Å². The topological polar surface area (TPSA) is 202 Å². The van der Waals surface area contributed by atoms with Crippen molar-refractivity contribution in [1.82, 2.24) is 35.9 Å². The van der Waals surface area contributed by atoms with Crippen molar-refractivity contribution < 1.29 is 43.3 Å². The largest absolute Gasteiger partial charge is 0.496 e. The molecular weight excluding hydrogens is 747 g/mol. The fourth-order valence-corrected chi connectivity index (χ4v) is 6.38. The molecule has 58 heavy (non-hydrogen) atoms. The minimum absolute atomic E-state index is 0.0780. The van der Waals surface area contributed by atoms with Gasteiger partial charge in [0, 0.05) is 24.8 Å². The molecule has 5 amide bonds. The number of aliphatic hydroxyl groups excluding tert-OH is 1. The van der Waals surface area contributed by atoms with Crippen molar-refractivity contribution in [2.24, 2.45) is 5.92 Å². The number of fused-ring (bicyclic) bond motifs is 3. The molecule has 0 saturated carbocycles. The molecule has 5 N–H and O–H groups in total. The van der Waals surface area contributed by atoms with Crippen molar-refractivity contribution in [3.63, 3.8) is 0 Å². The van der Waals surface area contributed by atoms with Gasteiger partial charge in [0.2, 0.25) is 17.7 Å². The van der Waals surface area contributed by atoms with Gasteiger partial charge in [-0.25, -0.2) is 0 Å². The van der Waals surface area contributed by atoms with Crippen molar-refractivity contribution in [1.29, 1.82) is 0 Å². The first-order valence-corrected chi connectivity index (χ1v) is 19.1. The molecule has 0 fully saturated rings. The highest BCUT2D eigenvalue weighted by atomic mass is 16.5. The van der Waals surface area contributed by atoms with Gasteiger partial charge in [0.15, 0.2) is 11.5 Å². The van der Waals surface area contributed by atoms with E-state index in [1.165, 1.54) is 32.2 Å². The molecule has 16 heteroatoms. The Morgan fingerprint density at radius 3 is 2.34 bits per heavy atom. The van der Waals surface area contributed by atoms with E-state index in [1.54, 1.807) is 61.1 Å². The number of carbonyl (C=O) groups excluding carboxylic acids is 5. The highest BCUT2D eigenvalue weighted by molar-refractivity contribution is 5.97. The third kappa shape index (κ3) is 11.1. The maximum atomic E-state index is 13.9. The Morgan fingerprint density at radius 1 is 0.879 bits per heavy atom. The summed E-state index contributed by atoms with van der Waals surface area (Å²) in [4.78, 5) is 69.4. The summed E-state index contributed by atoms with van der Waals surface area (Å²) in [6, 6.07) is 16.9. The van der Waals surface area contributed by atoms with Gasteiger partial charge in [-0.05, 0) is 61.6 Å². The van der Waals surface area contributed by atoms with Crippen LogP contribution < -0.4 is 35.5 Å². The van der Waals surface area contributed by atoms with E-state index in [2.05, 4.69) is 26.4 Å². The number of aromatic nitrogens is 2. The van der Waals surface area contributed by atoms with Gasteiger partial charge in [0.25, 0.3) is 11.8 Å². The molecule has 0 spiro atoms. The van der Waals surface area contributed by atoms with Gasteiger partial charge in [0.1, 0.15) is 23.6 Å².